The van der Waals surface area contributed by atoms with E-state index in [1.165, 1.54) is 24.3 Å². The van der Waals surface area contributed by atoms with Crippen LogP contribution in [-0.2, 0) is 0 Å². The molecule has 39 heavy (non-hydrogen) atoms. The van der Waals surface area contributed by atoms with Gasteiger partial charge in [0.25, 0.3) is 0 Å². The van der Waals surface area contributed by atoms with Crippen molar-refractivity contribution in [1.29, 1.82) is 0 Å². The number of aromatic nitrogens is 2. The molecular weight excluding hydrogens is 535 g/mol. The number of hydrogen-bond acceptors (Lipinski definition) is 8. The van der Waals surface area contributed by atoms with Crippen molar-refractivity contribution in [2.45, 2.75) is 43.9 Å². The molecule has 5 rings (SSSR count). The first-order valence-electron chi connectivity index (χ1n) is 12.6. The summed E-state index contributed by atoms with van der Waals surface area (Å²) in [6, 6.07) is 13.8. The number of halogens is 4. The number of aliphatic hydroxyl groups excluding tert-OH is 1. The summed E-state index contributed by atoms with van der Waals surface area (Å²) in [5.74, 6) is -0.119. The van der Waals surface area contributed by atoms with Crippen molar-refractivity contribution in [3.8, 4) is 17.0 Å². The van der Waals surface area contributed by atoms with Gasteiger partial charge in [0, 0.05) is 36.3 Å². The number of hydrogen-bond donors (Lipinski definition) is 4. The highest BCUT2D eigenvalue weighted by Gasteiger charge is 2.45. The molecule has 2 aliphatic heterocycles. The maximum atomic E-state index is 14.4. The third-order valence-electron chi connectivity index (χ3n) is 7.53. The third-order valence-corrected chi connectivity index (χ3v) is 7.76. The fourth-order valence-electron chi connectivity index (χ4n) is 5.47. The van der Waals surface area contributed by atoms with Gasteiger partial charge in [0.05, 0.1) is 6.04 Å². The van der Waals surface area contributed by atoms with Crippen LogP contribution in [0.2, 0.25) is 5.02 Å². The van der Waals surface area contributed by atoms with E-state index in [1.54, 1.807) is 30.3 Å². The van der Waals surface area contributed by atoms with Crippen molar-refractivity contribution in [2.24, 2.45) is 5.41 Å². The molecule has 2 atom stereocenters. The molecule has 3 heterocycles. The zero-order chi connectivity index (χ0) is 27.8. The highest BCUT2D eigenvalue weighted by Crippen LogP contribution is 2.43. The number of rotatable bonds is 6. The van der Waals surface area contributed by atoms with Crippen LogP contribution in [0.5, 0.6) is 5.88 Å². The van der Waals surface area contributed by atoms with Gasteiger partial charge in [0.2, 0.25) is 17.9 Å². The summed E-state index contributed by atoms with van der Waals surface area (Å²) < 4.78 is 48.8. The zero-order valence-corrected chi connectivity index (χ0v) is 21.7. The van der Waals surface area contributed by atoms with E-state index in [2.05, 4.69) is 15.3 Å². The third kappa shape index (κ3) is 6.06. The maximum absolute atomic E-state index is 14.4. The molecular formula is C27H29ClF3N5O3. The van der Waals surface area contributed by atoms with Crippen LogP contribution in [0.4, 0.5) is 24.9 Å². The van der Waals surface area contributed by atoms with Crippen LogP contribution < -0.4 is 20.7 Å². The second-order valence-electron chi connectivity index (χ2n) is 10.2. The Hall–Kier alpha value is -3.12. The predicted octanol–water partition coefficient (Wildman–Crippen LogP) is 4.32. The number of piperidine rings is 1. The molecule has 2 saturated heterocycles. The summed E-state index contributed by atoms with van der Waals surface area (Å²) in [6.45, 7) is 1.81. The summed E-state index contributed by atoms with van der Waals surface area (Å²) in [5.41, 5.74) is 6.58. The number of benzene rings is 2. The smallest absolute Gasteiger partial charge is 0.429 e. The SMILES string of the molecule is Nc1nc(O[C@H](c2ccc(Cl)cc2-c2ccccc2)C(F)(F)F)cc(N2CCC3(CC2)CN[C@H](C(O)O)C3)n1. The molecule has 1 aromatic heterocycles. The van der Waals surface area contributed by atoms with Gasteiger partial charge in [-0.2, -0.15) is 23.1 Å². The van der Waals surface area contributed by atoms with Crippen LogP contribution in [0, 0.1) is 5.41 Å². The van der Waals surface area contributed by atoms with Gasteiger partial charge in [-0.1, -0.05) is 48.0 Å². The van der Waals surface area contributed by atoms with Crippen molar-refractivity contribution in [2.75, 3.05) is 30.3 Å². The Balaban J connectivity index is 1.40. The molecule has 0 bridgehead atoms. The van der Waals surface area contributed by atoms with E-state index < -0.39 is 18.6 Å². The van der Waals surface area contributed by atoms with Crippen LogP contribution in [0.3, 0.4) is 0 Å². The minimum absolute atomic E-state index is 0.0768. The Morgan fingerprint density at radius 1 is 1.08 bits per heavy atom. The molecule has 3 aromatic rings. The van der Waals surface area contributed by atoms with Crippen LogP contribution in [0.15, 0.2) is 54.6 Å². The number of nitrogens with zero attached hydrogens (tertiary/aromatic N) is 3. The van der Waals surface area contributed by atoms with Gasteiger partial charge >= 0.3 is 6.18 Å². The molecule has 1 spiro atoms. The van der Waals surface area contributed by atoms with Crippen molar-refractivity contribution in [3.05, 3.63) is 65.2 Å². The monoisotopic (exact) mass is 563 g/mol. The summed E-state index contributed by atoms with van der Waals surface area (Å²) in [4.78, 5) is 10.1. The van der Waals surface area contributed by atoms with Crippen molar-refractivity contribution >= 4 is 23.4 Å². The molecule has 0 amide bonds. The first-order valence-corrected chi connectivity index (χ1v) is 13.0. The molecule has 2 aromatic carbocycles. The Labute approximate surface area is 228 Å². The molecule has 2 aliphatic rings. The largest absolute Gasteiger partial charge is 0.459 e. The van der Waals surface area contributed by atoms with E-state index in [0.717, 1.165) is 12.8 Å². The molecule has 0 unspecified atom stereocenters. The number of nitrogens with one attached hydrogen (secondary N) is 1. The predicted molar refractivity (Wildman–Crippen MR) is 141 cm³/mol. The van der Waals surface area contributed by atoms with Crippen molar-refractivity contribution in [1.82, 2.24) is 15.3 Å². The molecule has 5 N–H and O–H groups in total. The van der Waals surface area contributed by atoms with Crippen LogP contribution in [-0.4, -0.2) is 58.3 Å². The second-order valence-corrected chi connectivity index (χ2v) is 10.6. The fourth-order valence-corrected chi connectivity index (χ4v) is 5.64. The zero-order valence-electron chi connectivity index (χ0n) is 20.9. The van der Waals surface area contributed by atoms with E-state index in [-0.39, 0.29) is 28.8 Å². The van der Waals surface area contributed by atoms with E-state index in [1.807, 2.05) is 4.90 Å². The Morgan fingerprint density at radius 2 is 1.79 bits per heavy atom. The van der Waals surface area contributed by atoms with E-state index in [0.29, 0.717) is 48.0 Å². The van der Waals surface area contributed by atoms with Gasteiger partial charge < -0.3 is 30.9 Å². The van der Waals surface area contributed by atoms with Gasteiger partial charge in [0.15, 0.2) is 6.29 Å². The molecule has 0 aliphatic carbocycles. The topological polar surface area (TPSA) is 117 Å². The Morgan fingerprint density at radius 3 is 2.44 bits per heavy atom. The second kappa shape index (κ2) is 10.8. The first kappa shape index (κ1) is 27.4. The van der Waals surface area contributed by atoms with E-state index in [9.17, 15) is 23.4 Å². The molecule has 208 valence electrons. The van der Waals surface area contributed by atoms with Crippen LogP contribution in [0.1, 0.15) is 30.9 Å². The van der Waals surface area contributed by atoms with Crippen molar-refractivity contribution in [3.63, 3.8) is 0 Å². The number of ether oxygens (including phenoxy) is 1. The molecule has 8 nitrogen and oxygen atoms in total. The lowest BCUT2D eigenvalue weighted by Crippen LogP contribution is -2.41. The number of anilines is 2. The quantitative estimate of drug-likeness (QED) is 0.328. The number of aliphatic hydroxyl groups is 2. The lowest BCUT2D eigenvalue weighted by Gasteiger charge is -2.39. The maximum Gasteiger partial charge on any atom is 0.429 e. The number of nitrogen functional groups attached to an aromatic ring is 1. The van der Waals surface area contributed by atoms with E-state index in [4.69, 9.17) is 22.1 Å². The molecule has 12 heteroatoms. The highest BCUT2D eigenvalue weighted by molar-refractivity contribution is 6.30. The normalized spacial score (nSPS) is 20.0. The summed E-state index contributed by atoms with van der Waals surface area (Å²) in [6.07, 6.45) is -6.38. The minimum atomic E-state index is -4.77. The Kier molecular flexibility index (Phi) is 7.60. The fraction of sp³-hybridized carbons (Fsp3) is 0.407. The van der Waals surface area contributed by atoms with Gasteiger partial charge in [-0.15, -0.1) is 0 Å². The lowest BCUT2D eigenvalue weighted by atomic mass is 9.76. The number of alkyl halides is 3. The van der Waals surface area contributed by atoms with Gasteiger partial charge in [-0.25, -0.2) is 0 Å². The lowest BCUT2D eigenvalue weighted by molar-refractivity contribution is -0.198. The molecule has 2 fully saturated rings. The van der Waals surface area contributed by atoms with Gasteiger partial charge in [-0.05, 0) is 47.9 Å². The molecule has 0 radical (unpaired) electrons. The minimum Gasteiger partial charge on any atom is -0.459 e. The Bertz CT molecular complexity index is 1300. The van der Waals surface area contributed by atoms with Crippen molar-refractivity contribution < 1.29 is 28.1 Å². The van der Waals surface area contributed by atoms with Crippen LogP contribution in [0.25, 0.3) is 11.1 Å². The van der Waals surface area contributed by atoms with Gasteiger partial charge in [0.1, 0.15) is 5.82 Å². The summed E-state index contributed by atoms with van der Waals surface area (Å²) in [7, 11) is 0. The number of nitrogens with two attached hydrogens (primary N) is 1. The first-order chi connectivity index (χ1) is 18.5. The van der Waals surface area contributed by atoms with Gasteiger partial charge in [-0.3, -0.25) is 0 Å². The van der Waals surface area contributed by atoms with E-state index >= 15 is 0 Å². The average molecular weight is 564 g/mol. The average Bonchev–Trinajstić information content (AvgIpc) is 3.31. The summed E-state index contributed by atoms with van der Waals surface area (Å²) in [5, 5.41) is 22.5. The van der Waals surface area contributed by atoms with Crippen LogP contribution >= 0.6 is 11.6 Å². The molecule has 0 saturated carbocycles. The standard InChI is InChI=1S/C27H29ClF3N5O3/c28-17-6-7-18(19(12-17)16-4-2-1-3-5-16)23(27(29,30)31)39-22-13-21(34-25(32)35-22)36-10-8-26(9-11-36)14-20(24(37)38)33-15-26/h1-7,12-13,20,23-24,33,37-38H,8-11,14-15H2,(H2,32,34,35)/t20-,23+/m0/s1. The highest BCUT2D eigenvalue weighted by atomic mass is 35.5. The summed E-state index contributed by atoms with van der Waals surface area (Å²) >= 11 is 6.15.